The van der Waals surface area contributed by atoms with Gasteiger partial charge in [0.05, 0.1) is 6.07 Å². The van der Waals surface area contributed by atoms with Crippen molar-refractivity contribution < 1.29 is 13.6 Å². The number of halogens is 3. The van der Waals surface area contributed by atoms with Crippen molar-refractivity contribution in [2.75, 3.05) is 0 Å². The molecule has 1 unspecified atom stereocenters. The van der Waals surface area contributed by atoms with Gasteiger partial charge in [0, 0.05) is 21.7 Å². The topological polar surface area (TPSA) is 40.9 Å². The van der Waals surface area contributed by atoms with E-state index in [2.05, 4.69) is 15.9 Å². The van der Waals surface area contributed by atoms with Crippen LogP contribution in [0.15, 0.2) is 40.9 Å². The predicted octanol–water partition coefficient (Wildman–Crippen LogP) is 4.53. The molecule has 2 aromatic rings. The van der Waals surface area contributed by atoms with E-state index in [1.807, 2.05) is 6.92 Å². The summed E-state index contributed by atoms with van der Waals surface area (Å²) in [5, 5.41) is 9.22. The van der Waals surface area contributed by atoms with Crippen molar-refractivity contribution in [2.24, 2.45) is 0 Å². The number of carbonyl (C=O) groups is 1. The number of hydrogen-bond acceptors (Lipinski definition) is 2. The van der Waals surface area contributed by atoms with Crippen LogP contribution in [0.4, 0.5) is 8.78 Å². The minimum absolute atomic E-state index is 0.127. The monoisotopic (exact) mass is 349 g/mol. The number of ketones is 1. The Morgan fingerprint density at radius 1 is 1.24 bits per heavy atom. The zero-order chi connectivity index (χ0) is 15.6. The van der Waals surface area contributed by atoms with Gasteiger partial charge in [0.15, 0.2) is 5.78 Å². The van der Waals surface area contributed by atoms with Crippen LogP contribution in [0.1, 0.15) is 27.4 Å². The summed E-state index contributed by atoms with van der Waals surface area (Å²) in [5.41, 5.74) is 1.01. The Morgan fingerprint density at radius 3 is 2.57 bits per heavy atom. The molecule has 0 heterocycles. The Balaban J connectivity index is 2.49. The van der Waals surface area contributed by atoms with Gasteiger partial charge in [-0.25, -0.2) is 8.78 Å². The summed E-state index contributed by atoms with van der Waals surface area (Å²) in [6.45, 7) is 1.81. The van der Waals surface area contributed by atoms with Crippen molar-refractivity contribution in [1.29, 1.82) is 5.26 Å². The SMILES string of the molecule is Cc1ccc(Br)c(C(=O)C(C#N)c2ccc(F)cc2F)c1. The summed E-state index contributed by atoms with van der Waals surface area (Å²) in [6.07, 6.45) is 0. The van der Waals surface area contributed by atoms with Gasteiger partial charge in [0.1, 0.15) is 17.6 Å². The van der Waals surface area contributed by atoms with Gasteiger partial charge in [-0.3, -0.25) is 4.79 Å². The Morgan fingerprint density at radius 2 is 1.95 bits per heavy atom. The molecular formula is C16H10BrF2NO. The summed E-state index contributed by atoms with van der Waals surface area (Å²) >= 11 is 3.25. The second-order valence-electron chi connectivity index (χ2n) is 4.58. The van der Waals surface area contributed by atoms with Gasteiger partial charge in [-0.1, -0.05) is 33.6 Å². The smallest absolute Gasteiger partial charge is 0.185 e. The van der Waals surface area contributed by atoms with Crippen LogP contribution in [0.2, 0.25) is 0 Å². The van der Waals surface area contributed by atoms with E-state index in [9.17, 15) is 18.8 Å². The number of nitrogens with zero attached hydrogens (tertiary/aromatic N) is 1. The summed E-state index contributed by atoms with van der Waals surface area (Å²) < 4.78 is 27.3. The first-order valence-corrected chi connectivity index (χ1v) is 6.88. The lowest BCUT2D eigenvalue weighted by Gasteiger charge is -2.11. The summed E-state index contributed by atoms with van der Waals surface area (Å²) in [4.78, 5) is 12.5. The predicted molar refractivity (Wildman–Crippen MR) is 77.9 cm³/mol. The molecule has 5 heteroatoms. The molecule has 0 radical (unpaired) electrons. The fraction of sp³-hybridized carbons (Fsp3) is 0.125. The third-order valence-corrected chi connectivity index (χ3v) is 3.74. The highest BCUT2D eigenvalue weighted by Crippen LogP contribution is 2.28. The zero-order valence-corrected chi connectivity index (χ0v) is 12.6. The highest BCUT2D eigenvalue weighted by molar-refractivity contribution is 9.10. The molecule has 0 aliphatic heterocycles. The van der Waals surface area contributed by atoms with E-state index in [-0.39, 0.29) is 5.56 Å². The molecule has 2 rings (SSSR count). The number of Topliss-reactive ketones (excluding diaryl/α,β-unsaturated/α-hetero) is 1. The van der Waals surface area contributed by atoms with E-state index >= 15 is 0 Å². The lowest BCUT2D eigenvalue weighted by Crippen LogP contribution is -2.14. The molecule has 21 heavy (non-hydrogen) atoms. The largest absolute Gasteiger partial charge is 0.292 e. The molecule has 106 valence electrons. The van der Waals surface area contributed by atoms with Crippen molar-refractivity contribution in [3.8, 4) is 6.07 Å². The molecule has 0 spiro atoms. The van der Waals surface area contributed by atoms with Gasteiger partial charge in [-0.2, -0.15) is 5.26 Å². The van der Waals surface area contributed by atoms with Gasteiger partial charge in [0.25, 0.3) is 0 Å². The van der Waals surface area contributed by atoms with Crippen LogP contribution in [0.3, 0.4) is 0 Å². The van der Waals surface area contributed by atoms with Gasteiger partial charge in [0.2, 0.25) is 0 Å². The van der Waals surface area contributed by atoms with Gasteiger partial charge >= 0.3 is 0 Å². The van der Waals surface area contributed by atoms with E-state index in [0.29, 0.717) is 16.1 Å². The number of nitriles is 1. The normalized spacial score (nSPS) is 11.8. The number of aryl methyl sites for hydroxylation is 1. The lowest BCUT2D eigenvalue weighted by atomic mass is 9.91. The molecule has 0 saturated carbocycles. The maximum absolute atomic E-state index is 13.8. The second-order valence-corrected chi connectivity index (χ2v) is 5.43. The summed E-state index contributed by atoms with van der Waals surface area (Å²) in [7, 11) is 0. The average molecular weight is 350 g/mol. The summed E-state index contributed by atoms with van der Waals surface area (Å²) in [6, 6.07) is 9.73. The highest BCUT2D eigenvalue weighted by Gasteiger charge is 2.26. The Hall–Kier alpha value is -2.06. The van der Waals surface area contributed by atoms with Crippen molar-refractivity contribution in [2.45, 2.75) is 12.8 Å². The first kappa shape index (κ1) is 15.3. The van der Waals surface area contributed by atoms with E-state index in [1.165, 1.54) is 0 Å². The van der Waals surface area contributed by atoms with E-state index < -0.39 is 23.3 Å². The zero-order valence-electron chi connectivity index (χ0n) is 11.0. The van der Waals surface area contributed by atoms with Crippen LogP contribution in [-0.2, 0) is 0 Å². The number of rotatable bonds is 3. The van der Waals surface area contributed by atoms with Crippen LogP contribution in [0.5, 0.6) is 0 Å². The molecule has 0 aromatic heterocycles. The van der Waals surface area contributed by atoms with Crippen molar-refractivity contribution in [3.63, 3.8) is 0 Å². The molecule has 0 bridgehead atoms. The lowest BCUT2D eigenvalue weighted by molar-refractivity contribution is 0.0976. The molecule has 0 saturated heterocycles. The van der Waals surface area contributed by atoms with Gasteiger partial charge < -0.3 is 0 Å². The van der Waals surface area contributed by atoms with Gasteiger partial charge in [-0.05, 0) is 25.1 Å². The third-order valence-electron chi connectivity index (χ3n) is 3.05. The summed E-state index contributed by atoms with van der Waals surface area (Å²) in [5.74, 6) is -3.50. The molecule has 0 N–H and O–H groups in total. The molecule has 0 aliphatic carbocycles. The number of hydrogen-bond donors (Lipinski definition) is 0. The van der Waals surface area contributed by atoms with Crippen molar-refractivity contribution in [1.82, 2.24) is 0 Å². The maximum Gasteiger partial charge on any atom is 0.185 e. The molecule has 0 fully saturated rings. The highest BCUT2D eigenvalue weighted by atomic mass is 79.9. The number of carbonyl (C=O) groups excluding carboxylic acids is 1. The second kappa shape index (κ2) is 6.15. The quantitative estimate of drug-likeness (QED) is 0.764. The van der Waals surface area contributed by atoms with Crippen LogP contribution in [-0.4, -0.2) is 5.78 Å². The molecule has 2 nitrogen and oxygen atoms in total. The van der Waals surface area contributed by atoms with Crippen LogP contribution < -0.4 is 0 Å². The molecule has 2 aromatic carbocycles. The molecule has 0 aliphatic rings. The van der Waals surface area contributed by atoms with Crippen molar-refractivity contribution >= 4 is 21.7 Å². The standard InChI is InChI=1S/C16H10BrF2NO/c1-9-2-5-14(17)12(6-9)16(21)13(8-20)11-4-3-10(18)7-15(11)19/h2-7,13H,1H3. The Labute approximate surface area is 129 Å². The number of benzene rings is 2. The molecular weight excluding hydrogens is 340 g/mol. The van der Waals surface area contributed by atoms with E-state index in [0.717, 1.165) is 17.7 Å². The minimum atomic E-state index is -1.32. The molecule has 1 atom stereocenters. The van der Waals surface area contributed by atoms with Crippen molar-refractivity contribution in [3.05, 3.63) is 69.2 Å². The van der Waals surface area contributed by atoms with E-state index in [1.54, 1.807) is 24.3 Å². The first-order valence-electron chi connectivity index (χ1n) is 6.09. The average Bonchev–Trinajstić information content (AvgIpc) is 2.44. The fourth-order valence-corrected chi connectivity index (χ4v) is 2.43. The Kier molecular flexibility index (Phi) is 4.49. The first-order chi connectivity index (χ1) is 9.93. The van der Waals surface area contributed by atoms with E-state index in [4.69, 9.17) is 0 Å². The Bertz CT molecular complexity index is 752. The van der Waals surface area contributed by atoms with Gasteiger partial charge in [-0.15, -0.1) is 0 Å². The fourth-order valence-electron chi connectivity index (χ4n) is 1.99. The molecule has 0 amide bonds. The third kappa shape index (κ3) is 3.17. The van der Waals surface area contributed by atoms with Crippen LogP contribution in [0.25, 0.3) is 0 Å². The minimum Gasteiger partial charge on any atom is -0.292 e. The maximum atomic E-state index is 13.8. The van der Waals surface area contributed by atoms with Crippen LogP contribution in [0, 0.1) is 29.9 Å². The van der Waals surface area contributed by atoms with Crippen LogP contribution >= 0.6 is 15.9 Å².